The molecule has 1 N–H and O–H groups in total. The number of carbonyl (C=O) groups is 2. The maximum atomic E-state index is 12.7. The van der Waals surface area contributed by atoms with Gasteiger partial charge in [0.1, 0.15) is 0 Å². The smallest absolute Gasteiger partial charge is 0.339 e. The Morgan fingerprint density at radius 1 is 0.943 bits per heavy atom. The van der Waals surface area contributed by atoms with Crippen molar-refractivity contribution in [2.75, 3.05) is 22.5 Å². The number of sulfonamides is 1. The summed E-state index contributed by atoms with van der Waals surface area (Å²) in [6, 6.07) is 15.4. The minimum Gasteiger partial charge on any atom is -0.462 e. The maximum absolute atomic E-state index is 12.7. The van der Waals surface area contributed by atoms with E-state index in [1.807, 2.05) is 0 Å². The largest absolute Gasteiger partial charge is 0.462 e. The van der Waals surface area contributed by atoms with Crippen LogP contribution in [0.5, 0.6) is 0 Å². The third-order valence-corrected chi connectivity index (χ3v) is 7.08. The quantitative estimate of drug-likeness (QED) is 0.342. The predicted octanol–water partition coefficient (Wildman–Crippen LogP) is 6.04. The fraction of sp³-hybridized carbons (Fsp3) is 0.167. The lowest BCUT2D eigenvalue weighted by atomic mass is 10.1. The standard InChI is InChI=1S/C24H21Cl3N2O5S/c1-3-34-24(31)18-13-16(9-12-22(18)27)28-23(30)15-7-10-17(11-8-15)29(35(2,32)33)14-19-20(25)5-4-6-21(19)26/h4-13H,3,14H2,1-2H3,(H,28,30). The second kappa shape index (κ2) is 11.3. The van der Waals surface area contributed by atoms with Crippen molar-refractivity contribution in [2.45, 2.75) is 13.5 Å². The molecule has 3 rings (SSSR count). The second-order valence-electron chi connectivity index (χ2n) is 7.39. The van der Waals surface area contributed by atoms with E-state index in [-0.39, 0.29) is 29.3 Å². The van der Waals surface area contributed by atoms with Gasteiger partial charge in [0, 0.05) is 26.9 Å². The van der Waals surface area contributed by atoms with Crippen LogP contribution < -0.4 is 9.62 Å². The van der Waals surface area contributed by atoms with Crippen molar-refractivity contribution >= 4 is 68.1 Å². The Morgan fingerprint density at radius 3 is 2.14 bits per heavy atom. The zero-order valence-electron chi connectivity index (χ0n) is 18.7. The number of ether oxygens (including phenoxy) is 1. The molecule has 0 heterocycles. The molecule has 11 heteroatoms. The minimum atomic E-state index is -3.69. The van der Waals surface area contributed by atoms with Gasteiger partial charge in [-0.05, 0) is 61.5 Å². The van der Waals surface area contributed by atoms with Gasteiger partial charge in [-0.15, -0.1) is 0 Å². The Bertz CT molecular complexity index is 1340. The molecule has 0 aliphatic heterocycles. The Morgan fingerprint density at radius 2 is 1.57 bits per heavy atom. The number of esters is 1. The zero-order valence-corrected chi connectivity index (χ0v) is 21.8. The summed E-state index contributed by atoms with van der Waals surface area (Å²) in [4.78, 5) is 24.8. The maximum Gasteiger partial charge on any atom is 0.339 e. The third kappa shape index (κ3) is 6.67. The Kier molecular flexibility index (Phi) is 8.66. The number of benzene rings is 3. The van der Waals surface area contributed by atoms with Crippen molar-refractivity contribution in [3.05, 3.63) is 92.4 Å². The van der Waals surface area contributed by atoms with Crippen LogP contribution >= 0.6 is 34.8 Å². The van der Waals surface area contributed by atoms with E-state index in [0.29, 0.717) is 27.0 Å². The number of rotatable bonds is 8. The van der Waals surface area contributed by atoms with Crippen LogP contribution in [0.2, 0.25) is 15.1 Å². The Labute approximate surface area is 218 Å². The SMILES string of the molecule is CCOC(=O)c1cc(NC(=O)c2ccc(N(Cc3c(Cl)cccc3Cl)S(C)(=O)=O)cc2)ccc1Cl. The molecular formula is C24H21Cl3N2O5S. The zero-order chi connectivity index (χ0) is 25.8. The van der Waals surface area contributed by atoms with Gasteiger partial charge in [-0.25, -0.2) is 13.2 Å². The van der Waals surface area contributed by atoms with Gasteiger partial charge >= 0.3 is 5.97 Å². The van der Waals surface area contributed by atoms with E-state index in [2.05, 4.69) is 5.32 Å². The summed E-state index contributed by atoms with van der Waals surface area (Å²) in [6.07, 6.45) is 1.07. The summed E-state index contributed by atoms with van der Waals surface area (Å²) in [5.74, 6) is -1.06. The predicted molar refractivity (Wildman–Crippen MR) is 139 cm³/mol. The van der Waals surface area contributed by atoms with Crippen molar-refractivity contribution in [1.82, 2.24) is 0 Å². The first-order valence-corrected chi connectivity index (χ1v) is 13.3. The molecule has 0 aliphatic rings. The van der Waals surface area contributed by atoms with E-state index in [4.69, 9.17) is 39.5 Å². The van der Waals surface area contributed by atoms with E-state index in [9.17, 15) is 18.0 Å². The first-order chi connectivity index (χ1) is 16.5. The molecule has 0 fully saturated rings. The molecule has 3 aromatic carbocycles. The highest BCUT2D eigenvalue weighted by atomic mass is 35.5. The Balaban J connectivity index is 1.82. The van der Waals surface area contributed by atoms with Gasteiger partial charge in [0.25, 0.3) is 5.91 Å². The molecule has 3 aromatic rings. The fourth-order valence-corrected chi connectivity index (χ4v) is 4.76. The molecule has 0 unspecified atom stereocenters. The summed E-state index contributed by atoms with van der Waals surface area (Å²) in [7, 11) is -3.69. The molecule has 0 saturated carbocycles. The topological polar surface area (TPSA) is 92.8 Å². The number of carbonyl (C=O) groups excluding carboxylic acids is 2. The summed E-state index contributed by atoms with van der Waals surface area (Å²) in [5.41, 5.74) is 1.53. The van der Waals surface area contributed by atoms with Crippen LogP contribution in [0.15, 0.2) is 60.7 Å². The van der Waals surface area contributed by atoms with Gasteiger partial charge in [-0.3, -0.25) is 9.10 Å². The van der Waals surface area contributed by atoms with Crippen molar-refractivity contribution < 1.29 is 22.7 Å². The van der Waals surface area contributed by atoms with Crippen LogP contribution in [0, 0.1) is 0 Å². The van der Waals surface area contributed by atoms with E-state index < -0.39 is 21.9 Å². The number of nitrogens with one attached hydrogen (secondary N) is 1. The number of halogens is 3. The molecule has 0 radical (unpaired) electrons. The normalized spacial score (nSPS) is 11.1. The lowest BCUT2D eigenvalue weighted by Crippen LogP contribution is -2.29. The summed E-state index contributed by atoms with van der Waals surface area (Å²) < 4.78 is 31.1. The minimum absolute atomic E-state index is 0.0791. The summed E-state index contributed by atoms with van der Waals surface area (Å²) >= 11 is 18.5. The average molecular weight is 556 g/mol. The van der Waals surface area contributed by atoms with Crippen LogP contribution in [-0.4, -0.2) is 33.2 Å². The summed E-state index contributed by atoms with van der Waals surface area (Å²) in [6.45, 7) is 1.78. The van der Waals surface area contributed by atoms with Gasteiger partial charge in [0.15, 0.2) is 0 Å². The number of amides is 1. The average Bonchev–Trinajstić information content (AvgIpc) is 2.79. The van der Waals surface area contributed by atoms with Crippen molar-refractivity contribution in [3.8, 4) is 0 Å². The fourth-order valence-electron chi connectivity index (χ4n) is 3.18. The highest BCUT2D eigenvalue weighted by molar-refractivity contribution is 7.92. The van der Waals surface area contributed by atoms with Gasteiger partial charge in [0.05, 0.1) is 35.7 Å². The molecule has 0 atom stereocenters. The Hall–Kier alpha value is -2.78. The molecule has 0 aliphatic carbocycles. The monoisotopic (exact) mass is 554 g/mol. The molecule has 35 heavy (non-hydrogen) atoms. The van der Waals surface area contributed by atoms with E-state index in [1.165, 1.54) is 36.4 Å². The molecule has 7 nitrogen and oxygen atoms in total. The molecule has 0 aromatic heterocycles. The van der Waals surface area contributed by atoms with Crippen LogP contribution in [0.3, 0.4) is 0 Å². The van der Waals surface area contributed by atoms with E-state index in [1.54, 1.807) is 31.2 Å². The van der Waals surface area contributed by atoms with Crippen molar-refractivity contribution in [2.24, 2.45) is 0 Å². The van der Waals surface area contributed by atoms with Gasteiger partial charge in [-0.2, -0.15) is 0 Å². The molecule has 184 valence electrons. The third-order valence-electron chi connectivity index (χ3n) is 4.90. The van der Waals surface area contributed by atoms with Crippen molar-refractivity contribution in [3.63, 3.8) is 0 Å². The second-order valence-corrected chi connectivity index (χ2v) is 10.5. The van der Waals surface area contributed by atoms with Crippen LogP contribution in [-0.2, 0) is 21.3 Å². The molecule has 0 spiro atoms. The first-order valence-electron chi connectivity index (χ1n) is 10.3. The molecule has 1 amide bonds. The summed E-state index contributed by atoms with van der Waals surface area (Å²) in [5, 5.41) is 3.56. The van der Waals surface area contributed by atoms with Crippen molar-refractivity contribution in [1.29, 1.82) is 0 Å². The number of nitrogens with zero attached hydrogens (tertiary/aromatic N) is 1. The van der Waals surface area contributed by atoms with Crippen LogP contribution in [0.4, 0.5) is 11.4 Å². The number of hydrogen-bond donors (Lipinski definition) is 1. The van der Waals surface area contributed by atoms with E-state index >= 15 is 0 Å². The van der Waals surface area contributed by atoms with Gasteiger partial charge in [-0.1, -0.05) is 40.9 Å². The van der Waals surface area contributed by atoms with Crippen LogP contribution in [0.25, 0.3) is 0 Å². The lowest BCUT2D eigenvalue weighted by Gasteiger charge is -2.23. The molecule has 0 bridgehead atoms. The van der Waals surface area contributed by atoms with Gasteiger partial charge < -0.3 is 10.1 Å². The lowest BCUT2D eigenvalue weighted by molar-refractivity contribution is 0.0526. The number of hydrogen-bond acceptors (Lipinski definition) is 5. The first kappa shape index (κ1) is 26.8. The number of anilines is 2. The van der Waals surface area contributed by atoms with E-state index in [0.717, 1.165) is 10.6 Å². The van der Waals surface area contributed by atoms with Gasteiger partial charge in [0.2, 0.25) is 10.0 Å². The molecule has 0 saturated heterocycles. The van der Waals surface area contributed by atoms with Crippen LogP contribution in [0.1, 0.15) is 33.2 Å². The highest BCUT2D eigenvalue weighted by Crippen LogP contribution is 2.29. The highest BCUT2D eigenvalue weighted by Gasteiger charge is 2.21. The molecular weight excluding hydrogens is 535 g/mol.